The summed E-state index contributed by atoms with van der Waals surface area (Å²) in [5, 5.41) is 3.07. The van der Waals surface area contributed by atoms with Gasteiger partial charge in [-0.3, -0.25) is 4.79 Å². The maximum atomic E-state index is 13.9. The molecule has 3 atom stereocenters. The van der Waals surface area contributed by atoms with Crippen LogP contribution in [0.5, 0.6) is 0 Å². The first-order valence-electron chi connectivity index (χ1n) is 7.38. The molecular weight excluding hydrogens is 338 g/mol. The molecule has 0 aliphatic heterocycles. The molecule has 1 heterocycles. The molecule has 1 saturated carbocycles. The number of amides is 1. The van der Waals surface area contributed by atoms with Crippen molar-refractivity contribution < 1.29 is 9.18 Å². The molecule has 122 valence electrons. The highest BCUT2D eigenvalue weighted by atomic mass is 35.5. The van der Waals surface area contributed by atoms with Crippen molar-refractivity contribution in [2.45, 2.75) is 29.6 Å². The Morgan fingerprint density at radius 1 is 1.43 bits per heavy atom. The van der Waals surface area contributed by atoms with Gasteiger partial charge in [0.2, 0.25) is 0 Å². The second-order valence-electron chi connectivity index (χ2n) is 5.95. The van der Waals surface area contributed by atoms with Crippen LogP contribution in [-0.4, -0.2) is 27.3 Å². The van der Waals surface area contributed by atoms with Gasteiger partial charge in [0.25, 0.3) is 5.91 Å². The molecule has 3 rings (SSSR count). The lowest BCUT2D eigenvalue weighted by molar-refractivity contribution is 0.0933. The molecule has 0 bridgehead atoms. The second kappa shape index (κ2) is 6.17. The Morgan fingerprint density at radius 2 is 2.17 bits per heavy atom. The minimum atomic E-state index is -0.353. The highest BCUT2D eigenvalue weighted by molar-refractivity contribution is 6.24. The van der Waals surface area contributed by atoms with Crippen LogP contribution in [0, 0.1) is 5.82 Å². The summed E-state index contributed by atoms with van der Waals surface area (Å²) in [6.45, 7) is 3.90. The number of para-hydroxylation sites is 1. The zero-order valence-electron chi connectivity index (χ0n) is 12.7. The fourth-order valence-electron chi connectivity index (χ4n) is 3.05. The third kappa shape index (κ3) is 2.98. The smallest absolute Gasteiger partial charge is 0.253 e. The van der Waals surface area contributed by atoms with Crippen LogP contribution in [0.2, 0.25) is 0 Å². The number of hydrogen-bond acceptors (Lipinski definition) is 1. The van der Waals surface area contributed by atoms with Crippen LogP contribution in [0.25, 0.3) is 10.9 Å². The predicted octanol–water partition coefficient (Wildman–Crippen LogP) is 3.98. The number of fused-ring (bicyclic) bond motifs is 1. The minimum Gasteiger partial charge on any atom is -0.348 e. The van der Waals surface area contributed by atoms with Crippen LogP contribution in [0.15, 0.2) is 36.5 Å². The molecule has 0 radical (unpaired) electrons. The van der Waals surface area contributed by atoms with Crippen molar-refractivity contribution in [2.24, 2.45) is 7.05 Å². The Kier molecular flexibility index (Phi) is 4.39. The van der Waals surface area contributed by atoms with E-state index in [0.29, 0.717) is 29.3 Å². The standard InChI is InChI=1S/C17H17Cl2FN2O/c1-9-6-13(19)15(7-12(9)18)21-17(23)11-8-22(2)16-10(11)4-3-5-14(16)20/h3-5,8,12-13,15H,1,6-7H2,2H3,(H,21,23). The molecule has 2 aromatic rings. The Morgan fingerprint density at radius 3 is 2.91 bits per heavy atom. The summed E-state index contributed by atoms with van der Waals surface area (Å²) in [7, 11) is 1.71. The monoisotopic (exact) mass is 354 g/mol. The number of aromatic nitrogens is 1. The van der Waals surface area contributed by atoms with Crippen molar-refractivity contribution in [3.05, 3.63) is 47.9 Å². The summed E-state index contributed by atoms with van der Waals surface area (Å²) in [5.41, 5.74) is 1.73. The topological polar surface area (TPSA) is 34.0 Å². The van der Waals surface area contributed by atoms with Crippen LogP contribution >= 0.6 is 23.2 Å². The fourth-order valence-corrected chi connectivity index (χ4v) is 3.70. The van der Waals surface area contributed by atoms with Gasteiger partial charge in [-0.15, -0.1) is 23.2 Å². The normalized spacial score (nSPS) is 24.9. The van der Waals surface area contributed by atoms with Gasteiger partial charge >= 0.3 is 0 Å². The van der Waals surface area contributed by atoms with Crippen molar-refractivity contribution in [3.8, 4) is 0 Å². The van der Waals surface area contributed by atoms with Gasteiger partial charge in [-0.2, -0.15) is 0 Å². The van der Waals surface area contributed by atoms with Crippen LogP contribution in [0.4, 0.5) is 4.39 Å². The molecule has 0 saturated heterocycles. The van der Waals surface area contributed by atoms with Crippen LogP contribution < -0.4 is 5.32 Å². The van der Waals surface area contributed by atoms with E-state index in [1.165, 1.54) is 6.07 Å². The molecule has 3 unspecified atom stereocenters. The number of rotatable bonds is 2. The molecule has 0 spiro atoms. The second-order valence-corrected chi connectivity index (χ2v) is 7.04. The summed E-state index contributed by atoms with van der Waals surface area (Å²) in [6, 6.07) is 4.47. The molecule has 1 aliphatic rings. The van der Waals surface area contributed by atoms with Gasteiger partial charge in [0.15, 0.2) is 0 Å². The Bertz CT molecular complexity index is 786. The van der Waals surface area contributed by atoms with E-state index in [1.54, 1.807) is 29.9 Å². The Balaban J connectivity index is 1.87. The maximum Gasteiger partial charge on any atom is 0.253 e. The Hall–Kier alpha value is -1.52. The molecule has 1 fully saturated rings. The average molecular weight is 355 g/mol. The van der Waals surface area contributed by atoms with E-state index in [9.17, 15) is 9.18 Å². The van der Waals surface area contributed by atoms with Gasteiger partial charge in [0.1, 0.15) is 5.82 Å². The third-order valence-corrected chi connectivity index (χ3v) is 5.26. The largest absolute Gasteiger partial charge is 0.348 e. The first kappa shape index (κ1) is 16.3. The summed E-state index contributed by atoms with van der Waals surface area (Å²) in [4.78, 5) is 12.6. The fraction of sp³-hybridized carbons (Fsp3) is 0.353. The van der Waals surface area contributed by atoms with E-state index in [2.05, 4.69) is 11.9 Å². The number of allylic oxidation sites excluding steroid dienone is 1. The zero-order valence-corrected chi connectivity index (χ0v) is 14.2. The summed E-state index contributed by atoms with van der Waals surface area (Å²) in [6.07, 6.45) is 2.75. The quantitative estimate of drug-likeness (QED) is 0.642. The number of nitrogens with zero attached hydrogens (tertiary/aromatic N) is 1. The lowest BCUT2D eigenvalue weighted by Gasteiger charge is -2.32. The van der Waals surface area contributed by atoms with Crippen LogP contribution in [-0.2, 0) is 7.05 Å². The molecule has 3 nitrogen and oxygen atoms in total. The third-order valence-electron chi connectivity index (χ3n) is 4.31. The van der Waals surface area contributed by atoms with Gasteiger partial charge in [-0.1, -0.05) is 24.3 Å². The van der Waals surface area contributed by atoms with E-state index in [0.717, 1.165) is 5.57 Å². The first-order valence-corrected chi connectivity index (χ1v) is 8.26. The van der Waals surface area contributed by atoms with Crippen molar-refractivity contribution in [1.82, 2.24) is 9.88 Å². The van der Waals surface area contributed by atoms with Crippen LogP contribution in [0.3, 0.4) is 0 Å². The van der Waals surface area contributed by atoms with Gasteiger partial charge in [-0.25, -0.2) is 4.39 Å². The summed E-state index contributed by atoms with van der Waals surface area (Å²) >= 11 is 12.5. The average Bonchev–Trinajstić information content (AvgIpc) is 2.83. The maximum absolute atomic E-state index is 13.9. The molecule has 6 heteroatoms. The van der Waals surface area contributed by atoms with Gasteiger partial charge < -0.3 is 9.88 Å². The lowest BCUT2D eigenvalue weighted by Crippen LogP contribution is -2.45. The number of benzene rings is 1. The van der Waals surface area contributed by atoms with Gasteiger partial charge in [-0.05, 0) is 18.9 Å². The molecular formula is C17H17Cl2FN2O. The van der Waals surface area contributed by atoms with Crippen molar-refractivity contribution in [3.63, 3.8) is 0 Å². The highest BCUT2D eigenvalue weighted by Gasteiger charge is 2.32. The van der Waals surface area contributed by atoms with Crippen molar-refractivity contribution in [2.75, 3.05) is 0 Å². The molecule has 23 heavy (non-hydrogen) atoms. The molecule has 1 aliphatic carbocycles. The number of carbonyl (C=O) groups is 1. The minimum absolute atomic E-state index is 0.194. The number of halogens is 3. The summed E-state index contributed by atoms with van der Waals surface area (Å²) in [5.74, 6) is -0.623. The van der Waals surface area contributed by atoms with Crippen molar-refractivity contribution in [1.29, 1.82) is 0 Å². The molecule has 1 amide bonds. The van der Waals surface area contributed by atoms with E-state index in [1.807, 2.05) is 0 Å². The highest BCUT2D eigenvalue weighted by Crippen LogP contribution is 2.31. The van der Waals surface area contributed by atoms with Gasteiger partial charge in [0.05, 0.1) is 21.8 Å². The van der Waals surface area contributed by atoms with Crippen molar-refractivity contribution >= 4 is 40.0 Å². The number of nitrogens with one attached hydrogen (secondary N) is 1. The molecule has 1 N–H and O–H groups in total. The van der Waals surface area contributed by atoms with E-state index in [-0.39, 0.29) is 28.5 Å². The number of alkyl halides is 2. The van der Waals surface area contributed by atoms with E-state index < -0.39 is 0 Å². The van der Waals surface area contributed by atoms with E-state index in [4.69, 9.17) is 23.2 Å². The first-order chi connectivity index (χ1) is 10.9. The molecule has 1 aromatic carbocycles. The predicted molar refractivity (Wildman–Crippen MR) is 91.8 cm³/mol. The number of hydrogen-bond donors (Lipinski definition) is 1. The number of carbonyl (C=O) groups excluding carboxylic acids is 1. The molecule has 1 aromatic heterocycles. The summed E-state index contributed by atoms with van der Waals surface area (Å²) < 4.78 is 15.6. The van der Waals surface area contributed by atoms with Gasteiger partial charge in [0, 0.05) is 24.7 Å². The lowest BCUT2D eigenvalue weighted by atomic mass is 9.90. The SMILES string of the molecule is C=C1CC(Cl)C(NC(=O)c2cn(C)c3c(F)cccc23)CC1Cl. The number of aryl methyl sites for hydroxylation is 1. The zero-order chi connectivity index (χ0) is 16.7. The van der Waals surface area contributed by atoms with E-state index >= 15 is 0 Å². The van der Waals surface area contributed by atoms with Crippen LogP contribution in [0.1, 0.15) is 23.2 Å². The Labute approximate surface area is 144 Å².